The Balaban J connectivity index is 0.00000147. The van der Waals surface area contributed by atoms with Gasteiger partial charge in [-0.1, -0.05) is 11.2 Å². The molecule has 1 fully saturated rings. The molecule has 1 atom stereocenters. The highest BCUT2D eigenvalue weighted by atomic mass is 35.5. The van der Waals surface area contributed by atoms with Crippen LogP contribution >= 0.6 is 23.7 Å². The molecule has 3 heterocycles. The van der Waals surface area contributed by atoms with Gasteiger partial charge in [-0.2, -0.15) is 4.98 Å². The van der Waals surface area contributed by atoms with Gasteiger partial charge < -0.3 is 15.2 Å². The van der Waals surface area contributed by atoms with E-state index in [2.05, 4.69) is 20.8 Å². The van der Waals surface area contributed by atoms with Gasteiger partial charge in [0, 0.05) is 0 Å². The van der Waals surface area contributed by atoms with E-state index in [1.165, 1.54) is 0 Å². The summed E-state index contributed by atoms with van der Waals surface area (Å²) in [5.41, 5.74) is 0. The molecule has 0 saturated carbocycles. The first-order valence-electron chi connectivity index (χ1n) is 6.20. The van der Waals surface area contributed by atoms with Crippen LogP contribution in [0.25, 0.3) is 10.7 Å². The number of nitrogens with one attached hydrogen (secondary N) is 2. The Bertz CT molecular complexity index is 552. The summed E-state index contributed by atoms with van der Waals surface area (Å²) in [7, 11) is 0. The van der Waals surface area contributed by atoms with Crippen LogP contribution in [0, 0.1) is 0 Å². The van der Waals surface area contributed by atoms with Gasteiger partial charge in [0.25, 0.3) is 0 Å². The Hall–Kier alpha value is -1.44. The van der Waals surface area contributed by atoms with Crippen LogP contribution in [0.5, 0.6) is 0 Å². The predicted octanol–water partition coefficient (Wildman–Crippen LogP) is 1.59. The Morgan fingerprint density at radius 2 is 2.50 bits per heavy atom. The first-order chi connectivity index (χ1) is 9.33. The molecule has 20 heavy (non-hydrogen) atoms. The topological polar surface area (TPSA) is 80.1 Å². The van der Waals surface area contributed by atoms with E-state index < -0.39 is 0 Å². The number of thiophene rings is 1. The summed E-state index contributed by atoms with van der Waals surface area (Å²) >= 11 is 1.55. The molecular weight excluding hydrogens is 300 g/mol. The molecule has 6 nitrogen and oxygen atoms in total. The molecule has 2 aromatic heterocycles. The maximum absolute atomic E-state index is 11.8. The fourth-order valence-electron chi connectivity index (χ4n) is 2.03. The van der Waals surface area contributed by atoms with Crippen molar-refractivity contribution in [3.8, 4) is 10.7 Å². The lowest BCUT2D eigenvalue weighted by molar-refractivity contribution is -0.123. The van der Waals surface area contributed by atoms with Crippen molar-refractivity contribution in [2.45, 2.75) is 25.4 Å². The summed E-state index contributed by atoms with van der Waals surface area (Å²) in [5, 5.41) is 11.8. The number of amides is 1. The van der Waals surface area contributed by atoms with E-state index in [0.29, 0.717) is 11.7 Å². The monoisotopic (exact) mass is 314 g/mol. The van der Waals surface area contributed by atoms with E-state index in [0.717, 1.165) is 24.3 Å². The van der Waals surface area contributed by atoms with Crippen molar-refractivity contribution in [1.29, 1.82) is 0 Å². The lowest BCUT2D eigenvalue weighted by Gasteiger charge is -2.08. The van der Waals surface area contributed by atoms with Crippen LogP contribution in [0.1, 0.15) is 18.7 Å². The molecule has 108 valence electrons. The maximum atomic E-state index is 11.8. The zero-order valence-corrected chi connectivity index (χ0v) is 12.3. The smallest absolute Gasteiger partial charge is 0.246 e. The van der Waals surface area contributed by atoms with Gasteiger partial charge in [-0.05, 0) is 30.8 Å². The average molecular weight is 315 g/mol. The molecule has 0 aliphatic carbocycles. The van der Waals surface area contributed by atoms with Gasteiger partial charge in [-0.15, -0.1) is 23.7 Å². The normalized spacial score (nSPS) is 17.7. The molecule has 1 amide bonds. The van der Waals surface area contributed by atoms with E-state index in [4.69, 9.17) is 4.52 Å². The minimum absolute atomic E-state index is 0. The van der Waals surface area contributed by atoms with Gasteiger partial charge >= 0.3 is 0 Å². The number of hydrogen-bond donors (Lipinski definition) is 2. The molecular formula is C12H15ClN4O2S. The summed E-state index contributed by atoms with van der Waals surface area (Å²) in [6, 6.07) is 3.78. The highest BCUT2D eigenvalue weighted by Crippen LogP contribution is 2.21. The van der Waals surface area contributed by atoms with Crippen molar-refractivity contribution in [1.82, 2.24) is 20.8 Å². The Morgan fingerprint density at radius 3 is 3.20 bits per heavy atom. The van der Waals surface area contributed by atoms with Gasteiger partial charge in [0.2, 0.25) is 17.6 Å². The quantitative estimate of drug-likeness (QED) is 0.896. The lowest BCUT2D eigenvalue weighted by Crippen LogP contribution is -2.40. The molecule has 0 radical (unpaired) electrons. The Morgan fingerprint density at radius 1 is 1.60 bits per heavy atom. The number of halogens is 1. The number of rotatable bonds is 4. The van der Waals surface area contributed by atoms with Gasteiger partial charge in [-0.25, -0.2) is 0 Å². The predicted molar refractivity (Wildman–Crippen MR) is 77.7 cm³/mol. The maximum Gasteiger partial charge on any atom is 0.246 e. The fraction of sp³-hybridized carbons (Fsp3) is 0.417. The van der Waals surface area contributed by atoms with E-state index in [1.807, 2.05) is 17.5 Å². The first-order valence-corrected chi connectivity index (χ1v) is 7.08. The molecule has 8 heteroatoms. The highest BCUT2D eigenvalue weighted by molar-refractivity contribution is 7.13. The van der Waals surface area contributed by atoms with Crippen molar-refractivity contribution in [3.05, 3.63) is 23.4 Å². The lowest BCUT2D eigenvalue weighted by atomic mass is 10.2. The molecule has 2 N–H and O–H groups in total. The van der Waals surface area contributed by atoms with Crippen molar-refractivity contribution in [2.75, 3.05) is 6.54 Å². The van der Waals surface area contributed by atoms with E-state index >= 15 is 0 Å². The molecule has 1 aliphatic heterocycles. The molecule has 0 bridgehead atoms. The minimum atomic E-state index is -0.0836. The Kier molecular flexibility index (Phi) is 5.11. The fourth-order valence-corrected chi connectivity index (χ4v) is 2.68. The second kappa shape index (κ2) is 6.83. The second-order valence-electron chi connectivity index (χ2n) is 4.36. The third kappa shape index (κ3) is 3.36. The van der Waals surface area contributed by atoms with Crippen LogP contribution in [0.15, 0.2) is 22.0 Å². The number of aromatic nitrogens is 2. The number of carbonyl (C=O) groups excluding carboxylic acids is 1. The highest BCUT2D eigenvalue weighted by Gasteiger charge is 2.22. The molecule has 2 aromatic rings. The van der Waals surface area contributed by atoms with Crippen molar-refractivity contribution < 1.29 is 9.32 Å². The van der Waals surface area contributed by atoms with Gasteiger partial charge in [0.05, 0.1) is 17.5 Å². The van der Waals surface area contributed by atoms with Crippen LogP contribution in [-0.2, 0) is 11.3 Å². The SMILES string of the molecule is Cl.O=C(NCc1nc(-c2cccs2)no1)C1CCCN1. The van der Waals surface area contributed by atoms with Crippen molar-refractivity contribution in [2.24, 2.45) is 0 Å². The first kappa shape index (κ1) is 15.0. The van der Waals surface area contributed by atoms with Gasteiger partial charge in [0.15, 0.2) is 0 Å². The zero-order chi connectivity index (χ0) is 13.1. The van der Waals surface area contributed by atoms with E-state index in [-0.39, 0.29) is 30.9 Å². The van der Waals surface area contributed by atoms with Crippen LogP contribution < -0.4 is 10.6 Å². The van der Waals surface area contributed by atoms with Crippen molar-refractivity contribution in [3.63, 3.8) is 0 Å². The third-order valence-electron chi connectivity index (χ3n) is 3.00. The van der Waals surface area contributed by atoms with Crippen LogP contribution in [-0.4, -0.2) is 28.6 Å². The summed E-state index contributed by atoms with van der Waals surface area (Å²) in [6.45, 7) is 1.18. The summed E-state index contributed by atoms with van der Waals surface area (Å²) in [4.78, 5) is 17.0. The second-order valence-corrected chi connectivity index (χ2v) is 5.30. The minimum Gasteiger partial charge on any atom is -0.346 e. The van der Waals surface area contributed by atoms with Gasteiger partial charge in [0.1, 0.15) is 0 Å². The molecule has 1 unspecified atom stereocenters. The molecule has 0 spiro atoms. The van der Waals surface area contributed by atoms with E-state index in [9.17, 15) is 4.79 Å². The van der Waals surface area contributed by atoms with E-state index in [1.54, 1.807) is 11.3 Å². The number of carbonyl (C=O) groups is 1. The van der Waals surface area contributed by atoms with Crippen LogP contribution in [0.4, 0.5) is 0 Å². The largest absolute Gasteiger partial charge is 0.346 e. The summed E-state index contributed by atoms with van der Waals surface area (Å²) in [6.07, 6.45) is 1.93. The zero-order valence-electron chi connectivity index (χ0n) is 10.7. The van der Waals surface area contributed by atoms with Crippen LogP contribution in [0.3, 0.4) is 0 Å². The standard InChI is InChI=1S/C12H14N4O2S.ClH/c17-12(8-3-1-5-13-8)14-7-10-15-11(16-18-10)9-4-2-6-19-9;/h2,4,6,8,13H,1,3,5,7H2,(H,14,17);1H. The molecule has 1 aliphatic rings. The number of nitrogens with zero attached hydrogens (tertiary/aromatic N) is 2. The molecule has 1 saturated heterocycles. The Labute approximate surface area is 126 Å². The summed E-state index contributed by atoms with van der Waals surface area (Å²) < 4.78 is 5.11. The summed E-state index contributed by atoms with van der Waals surface area (Å²) in [5.74, 6) is 0.987. The average Bonchev–Trinajstić information content (AvgIpc) is 3.14. The molecule has 0 aromatic carbocycles. The van der Waals surface area contributed by atoms with Gasteiger partial charge in [-0.3, -0.25) is 4.79 Å². The van der Waals surface area contributed by atoms with Crippen molar-refractivity contribution >= 4 is 29.7 Å². The van der Waals surface area contributed by atoms with Crippen LogP contribution in [0.2, 0.25) is 0 Å². The third-order valence-corrected chi connectivity index (χ3v) is 3.87. The molecule has 3 rings (SSSR count). The number of hydrogen-bond acceptors (Lipinski definition) is 6.